The van der Waals surface area contributed by atoms with Gasteiger partial charge < -0.3 is 10.3 Å². The summed E-state index contributed by atoms with van der Waals surface area (Å²) in [4.78, 5) is 7.02. The van der Waals surface area contributed by atoms with Gasteiger partial charge in [0.05, 0.1) is 5.54 Å². The summed E-state index contributed by atoms with van der Waals surface area (Å²) < 4.78 is 5.32. The maximum Gasteiger partial charge on any atom is 0.229 e. The minimum absolute atomic E-state index is 0.263. The third-order valence-electron chi connectivity index (χ3n) is 4.37. The van der Waals surface area contributed by atoms with E-state index >= 15 is 0 Å². The molecule has 2 unspecified atom stereocenters. The van der Waals surface area contributed by atoms with Gasteiger partial charge in [-0.2, -0.15) is 4.98 Å². The average molecular weight is 250 g/mol. The normalized spacial score (nSPS) is 33.0. The largest absolute Gasteiger partial charge is 0.339 e. The van der Waals surface area contributed by atoms with Crippen LogP contribution in [-0.2, 0) is 5.54 Å². The van der Waals surface area contributed by atoms with E-state index in [1.54, 1.807) is 0 Å². The summed E-state index contributed by atoms with van der Waals surface area (Å²) in [5, 5.41) is 4.14. The lowest BCUT2D eigenvalue weighted by Gasteiger charge is -2.36. The smallest absolute Gasteiger partial charge is 0.229 e. The lowest BCUT2D eigenvalue weighted by Crippen LogP contribution is -2.51. The average Bonchev–Trinajstić information content (AvgIpc) is 2.96. The molecule has 2 aliphatic heterocycles. The Bertz CT molecular complexity index is 430. The first-order valence-electron chi connectivity index (χ1n) is 6.98. The molecule has 2 fully saturated rings. The molecule has 18 heavy (non-hydrogen) atoms. The van der Waals surface area contributed by atoms with Crippen LogP contribution in [0.15, 0.2) is 4.52 Å². The molecule has 2 N–H and O–H groups in total. The number of rotatable bonds is 2. The minimum Gasteiger partial charge on any atom is -0.339 e. The second kappa shape index (κ2) is 4.31. The molecule has 1 aromatic rings. The Kier molecular flexibility index (Phi) is 2.90. The molecule has 0 saturated carbocycles. The third-order valence-corrected chi connectivity index (χ3v) is 4.37. The molecule has 3 heterocycles. The van der Waals surface area contributed by atoms with Crippen molar-refractivity contribution >= 4 is 0 Å². The Morgan fingerprint density at radius 3 is 2.94 bits per heavy atom. The number of hydrogen-bond donors (Lipinski definition) is 1. The van der Waals surface area contributed by atoms with Gasteiger partial charge in [0.2, 0.25) is 5.89 Å². The van der Waals surface area contributed by atoms with Crippen LogP contribution >= 0.6 is 0 Å². The standard InChI is InChI=1S/C13H22N4O/c1-9(2)11-15-12(16-18-11)13(14)6-8-17-7-4-3-5-10(13)17/h9-10H,3-8,14H2,1-2H3. The fourth-order valence-electron chi connectivity index (χ4n) is 3.26. The van der Waals surface area contributed by atoms with Crippen molar-refractivity contribution in [2.24, 2.45) is 5.73 Å². The van der Waals surface area contributed by atoms with Gasteiger partial charge in [0, 0.05) is 18.5 Å². The molecule has 2 aliphatic rings. The fraction of sp³-hybridized carbons (Fsp3) is 0.846. The van der Waals surface area contributed by atoms with Gasteiger partial charge in [-0.3, -0.25) is 4.90 Å². The van der Waals surface area contributed by atoms with Gasteiger partial charge >= 0.3 is 0 Å². The quantitative estimate of drug-likeness (QED) is 0.863. The van der Waals surface area contributed by atoms with Crippen molar-refractivity contribution in [1.82, 2.24) is 15.0 Å². The van der Waals surface area contributed by atoms with Crippen molar-refractivity contribution in [3.63, 3.8) is 0 Å². The molecule has 0 amide bonds. The number of fused-ring (bicyclic) bond motifs is 1. The zero-order valence-electron chi connectivity index (χ0n) is 11.2. The zero-order valence-corrected chi connectivity index (χ0v) is 11.2. The highest BCUT2D eigenvalue weighted by Gasteiger charge is 2.49. The Morgan fingerprint density at radius 2 is 2.22 bits per heavy atom. The lowest BCUT2D eigenvalue weighted by atomic mass is 9.86. The second-order valence-electron chi connectivity index (χ2n) is 5.95. The monoisotopic (exact) mass is 250 g/mol. The van der Waals surface area contributed by atoms with Crippen molar-refractivity contribution in [2.45, 2.75) is 57.0 Å². The number of aromatic nitrogens is 2. The first kappa shape index (κ1) is 12.1. The van der Waals surface area contributed by atoms with Crippen LogP contribution in [0.3, 0.4) is 0 Å². The molecule has 0 aliphatic carbocycles. The van der Waals surface area contributed by atoms with Crippen LogP contribution in [0.5, 0.6) is 0 Å². The summed E-state index contributed by atoms with van der Waals surface area (Å²) in [6.45, 7) is 6.34. The minimum atomic E-state index is -0.406. The van der Waals surface area contributed by atoms with E-state index in [1.807, 2.05) is 0 Å². The topological polar surface area (TPSA) is 68.2 Å². The summed E-state index contributed by atoms with van der Waals surface area (Å²) in [7, 11) is 0. The van der Waals surface area contributed by atoms with Crippen molar-refractivity contribution < 1.29 is 4.52 Å². The molecule has 0 bridgehead atoms. The van der Waals surface area contributed by atoms with E-state index in [1.165, 1.54) is 19.4 Å². The van der Waals surface area contributed by atoms with Gasteiger partial charge in [0.15, 0.2) is 5.82 Å². The predicted octanol–water partition coefficient (Wildman–Crippen LogP) is 1.61. The van der Waals surface area contributed by atoms with Gasteiger partial charge in [-0.15, -0.1) is 0 Å². The molecule has 1 aromatic heterocycles. The van der Waals surface area contributed by atoms with E-state index in [9.17, 15) is 0 Å². The van der Waals surface area contributed by atoms with E-state index in [4.69, 9.17) is 10.3 Å². The number of nitrogens with zero attached hydrogens (tertiary/aromatic N) is 3. The molecule has 0 radical (unpaired) electrons. The molecule has 0 aromatic carbocycles. The molecule has 0 spiro atoms. The van der Waals surface area contributed by atoms with Gasteiger partial charge in [0.1, 0.15) is 0 Å². The van der Waals surface area contributed by atoms with Crippen LogP contribution in [0.2, 0.25) is 0 Å². The van der Waals surface area contributed by atoms with E-state index in [0.29, 0.717) is 17.8 Å². The Labute approximate surface area is 108 Å². The highest BCUT2D eigenvalue weighted by molar-refractivity contribution is 5.15. The van der Waals surface area contributed by atoms with Crippen LogP contribution in [0, 0.1) is 0 Å². The molecule has 100 valence electrons. The van der Waals surface area contributed by atoms with Crippen LogP contribution in [0.25, 0.3) is 0 Å². The summed E-state index contributed by atoms with van der Waals surface area (Å²) >= 11 is 0. The van der Waals surface area contributed by atoms with E-state index < -0.39 is 5.54 Å². The molecule has 5 heteroatoms. The zero-order chi connectivity index (χ0) is 12.8. The maximum absolute atomic E-state index is 6.62. The second-order valence-corrected chi connectivity index (χ2v) is 5.95. The molecule has 2 saturated heterocycles. The molecular weight excluding hydrogens is 228 g/mol. The van der Waals surface area contributed by atoms with Crippen molar-refractivity contribution in [2.75, 3.05) is 13.1 Å². The van der Waals surface area contributed by atoms with Crippen LogP contribution in [0.1, 0.15) is 57.2 Å². The molecule has 3 rings (SSSR count). The van der Waals surface area contributed by atoms with E-state index in [0.717, 1.165) is 19.4 Å². The maximum atomic E-state index is 6.62. The lowest BCUT2D eigenvalue weighted by molar-refractivity contribution is 0.151. The van der Waals surface area contributed by atoms with Crippen molar-refractivity contribution in [3.05, 3.63) is 11.7 Å². The van der Waals surface area contributed by atoms with Gasteiger partial charge in [-0.1, -0.05) is 25.4 Å². The summed E-state index contributed by atoms with van der Waals surface area (Å²) in [6, 6.07) is 0.392. The van der Waals surface area contributed by atoms with Crippen molar-refractivity contribution in [3.8, 4) is 0 Å². The van der Waals surface area contributed by atoms with Crippen LogP contribution < -0.4 is 5.73 Å². The SMILES string of the molecule is CC(C)c1nc(C2(N)CCN3CCCCC32)no1. The fourth-order valence-corrected chi connectivity index (χ4v) is 3.26. The van der Waals surface area contributed by atoms with Gasteiger partial charge in [-0.25, -0.2) is 0 Å². The Balaban J connectivity index is 1.89. The Hall–Kier alpha value is -0.940. The highest BCUT2D eigenvalue weighted by atomic mass is 16.5. The number of nitrogens with two attached hydrogens (primary N) is 1. The summed E-state index contributed by atoms with van der Waals surface area (Å²) in [6.07, 6.45) is 4.64. The highest BCUT2D eigenvalue weighted by Crippen LogP contribution is 2.39. The number of hydrogen-bond acceptors (Lipinski definition) is 5. The molecule has 2 atom stereocenters. The number of piperidine rings is 1. The van der Waals surface area contributed by atoms with E-state index in [-0.39, 0.29) is 5.92 Å². The van der Waals surface area contributed by atoms with Crippen molar-refractivity contribution in [1.29, 1.82) is 0 Å². The van der Waals surface area contributed by atoms with Gasteiger partial charge in [0.25, 0.3) is 0 Å². The first-order valence-corrected chi connectivity index (χ1v) is 6.98. The van der Waals surface area contributed by atoms with Crippen LogP contribution in [0.4, 0.5) is 0 Å². The first-order chi connectivity index (χ1) is 8.61. The summed E-state index contributed by atoms with van der Waals surface area (Å²) in [5.74, 6) is 1.67. The third kappa shape index (κ3) is 1.77. The molecular formula is C13H22N4O. The van der Waals surface area contributed by atoms with Gasteiger partial charge in [-0.05, 0) is 25.8 Å². The summed E-state index contributed by atoms with van der Waals surface area (Å²) in [5.41, 5.74) is 6.22. The molecule has 5 nitrogen and oxygen atoms in total. The Morgan fingerprint density at radius 1 is 1.39 bits per heavy atom. The predicted molar refractivity (Wildman–Crippen MR) is 68.1 cm³/mol. The van der Waals surface area contributed by atoms with E-state index in [2.05, 4.69) is 28.9 Å². The van der Waals surface area contributed by atoms with Crippen LogP contribution in [-0.4, -0.2) is 34.2 Å².